The smallest absolute Gasteiger partial charge is 0.287 e. The van der Waals surface area contributed by atoms with Gasteiger partial charge in [-0.25, -0.2) is 9.67 Å². The zero-order valence-electron chi connectivity index (χ0n) is 11.0. The van der Waals surface area contributed by atoms with Gasteiger partial charge in [-0.3, -0.25) is 4.79 Å². The molecule has 2 aromatic heterocycles. The van der Waals surface area contributed by atoms with Crippen LogP contribution in [0.15, 0.2) is 16.4 Å². The second kappa shape index (κ2) is 6.83. The molecule has 0 aliphatic rings. The average molecular weight is 315 g/mol. The zero-order chi connectivity index (χ0) is 14.5. The lowest BCUT2D eigenvalue weighted by Gasteiger charge is -2.09. The molecule has 0 saturated heterocycles. The van der Waals surface area contributed by atoms with Crippen LogP contribution in [0.5, 0.6) is 0 Å². The lowest BCUT2D eigenvalue weighted by molar-refractivity contribution is 0.266. The van der Waals surface area contributed by atoms with Gasteiger partial charge in [-0.15, -0.1) is 11.3 Å². The number of aromatic nitrogens is 3. The van der Waals surface area contributed by atoms with E-state index in [0.717, 1.165) is 21.8 Å². The number of thiazole rings is 1. The Labute approximate surface area is 125 Å². The summed E-state index contributed by atoms with van der Waals surface area (Å²) in [5.74, 6) is 0. The topological polar surface area (TPSA) is 80.0 Å². The van der Waals surface area contributed by atoms with Crippen molar-refractivity contribution in [2.45, 2.75) is 19.9 Å². The molecule has 0 aliphatic carbocycles. The molecule has 108 valence electrons. The van der Waals surface area contributed by atoms with E-state index < -0.39 is 5.56 Å². The number of nitrogens with zero attached hydrogens (tertiary/aromatic N) is 3. The summed E-state index contributed by atoms with van der Waals surface area (Å²) < 4.78 is 1.14. The first-order valence-corrected chi connectivity index (χ1v) is 7.39. The van der Waals surface area contributed by atoms with Crippen molar-refractivity contribution >= 4 is 28.6 Å². The zero-order valence-corrected chi connectivity index (χ0v) is 12.5. The number of hydrogen-bond acceptors (Lipinski definition) is 6. The monoisotopic (exact) mass is 314 g/mol. The Hall–Kier alpha value is -1.44. The highest BCUT2D eigenvalue weighted by molar-refractivity contribution is 7.09. The number of aliphatic hydroxyl groups is 1. The molecule has 2 aromatic rings. The van der Waals surface area contributed by atoms with Gasteiger partial charge in [-0.2, -0.15) is 5.10 Å². The van der Waals surface area contributed by atoms with Crippen LogP contribution in [-0.4, -0.2) is 33.0 Å². The SMILES string of the molecule is Cc1nc(CCNc2cnn(CCO)c(=O)c2Cl)cs1. The second-order valence-electron chi connectivity index (χ2n) is 4.16. The van der Waals surface area contributed by atoms with Crippen LogP contribution in [-0.2, 0) is 13.0 Å². The molecule has 6 nitrogen and oxygen atoms in total. The van der Waals surface area contributed by atoms with Crippen molar-refractivity contribution in [3.05, 3.63) is 37.7 Å². The quantitative estimate of drug-likeness (QED) is 0.840. The highest BCUT2D eigenvalue weighted by atomic mass is 35.5. The first-order valence-electron chi connectivity index (χ1n) is 6.13. The Morgan fingerprint density at radius 3 is 3.00 bits per heavy atom. The number of anilines is 1. The minimum Gasteiger partial charge on any atom is -0.394 e. The molecule has 0 saturated carbocycles. The fourth-order valence-corrected chi connectivity index (χ4v) is 2.55. The van der Waals surface area contributed by atoms with E-state index in [1.54, 1.807) is 11.3 Å². The fraction of sp³-hybridized carbons (Fsp3) is 0.417. The molecular formula is C12H15ClN4O2S. The summed E-state index contributed by atoms with van der Waals surface area (Å²) in [6.07, 6.45) is 2.24. The van der Waals surface area contributed by atoms with Crippen LogP contribution in [0.3, 0.4) is 0 Å². The average Bonchev–Trinajstić information content (AvgIpc) is 2.84. The van der Waals surface area contributed by atoms with Gasteiger partial charge in [0.05, 0.1) is 35.7 Å². The normalized spacial score (nSPS) is 10.8. The molecule has 20 heavy (non-hydrogen) atoms. The van der Waals surface area contributed by atoms with Crippen LogP contribution in [0.4, 0.5) is 5.69 Å². The van der Waals surface area contributed by atoms with Crippen molar-refractivity contribution in [2.75, 3.05) is 18.5 Å². The van der Waals surface area contributed by atoms with E-state index in [0.29, 0.717) is 12.2 Å². The molecule has 0 amide bonds. The Morgan fingerprint density at radius 1 is 1.55 bits per heavy atom. The first kappa shape index (κ1) is 15.0. The summed E-state index contributed by atoms with van der Waals surface area (Å²) in [5, 5.41) is 19.0. The molecular weight excluding hydrogens is 300 g/mol. The molecule has 2 heterocycles. The number of halogens is 1. The molecule has 2 rings (SSSR count). The predicted octanol–water partition coefficient (Wildman–Crippen LogP) is 1.31. The van der Waals surface area contributed by atoms with E-state index in [4.69, 9.17) is 16.7 Å². The maximum atomic E-state index is 11.8. The molecule has 0 bridgehead atoms. The van der Waals surface area contributed by atoms with E-state index in [9.17, 15) is 4.79 Å². The predicted molar refractivity (Wildman–Crippen MR) is 79.6 cm³/mol. The highest BCUT2D eigenvalue weighted by Gasteiger charge is 2.08. The van der Waals surface area contributed by atoms with Crippen LogP contribution < -0.4 is 10.9 Å². The van der Waals surface area contributed by atoms with Gasteiger partial charge in [0.1, 0.15) is 5.02 Å². The summed E-state index contributed by atoms with van der Waals surface area (Å²) in [6, 6.07) is 0. The van der Waals surface area contributed by atoms with Crippen molar-refractivity contribution in [1.82, 2.24) is 14.8 Å². The summed E-state index contributed by atoms with van der Waals surface area (Å²) >= 11 is 7.60. The minimum absolute atomic E-state index is 0.0860. The molecule has 0 unspecified atom stereocenters. The van der Waals surface area contributed by atoms with Gasteiger partial charge in [-0.05, 0) is 6.92 Å². The number of nitrogens with one attached hydrogen (secondary N) is 1. The summed E-state index contributed by atoms with van der Waals surface area (Å²) in [5.41, 5.74) is 1.10. The summed E-state index contributed by atoms with van der Waals surface area (Å²) in [7, 11) is 0. The number of hydrogen-bond donors (Lipinski definition) is 2. The molecule has 2 N–H and O–H groups in total. The number of aryl methyl sites for hydroxylation is 1. The van der Waals surface area contributed by atoms with E-state index in [1.807, 2.05) is 12.3 Å². The standard InChI is InChI=1S/C12H15ClN4O2S/c1-8-16-9(7-20-8)2-3-14-10-6-15-17(4-5-18)12(19)11(10)13/h6-7,14,18H,2-5H2,1H3. The van der Waals surface area contributed by atoms with Gasteiger partial charge >= 0.3 is 0 Å². The molecule has 0 aliphatic heterocycles. The summed E-state index contributed by atoms with van der Waals surface area (Å²) in [4.78, 5) is 16.2. The largest absolute Gasteiger partial charge is 0.394 e. The van der Waals surface area contributed by atoms with Gasteiger partial charge in [0.2, 0.25) is 0 Å². The Bertz CT molecular complexity index is 641. The van der Waals surface area contributed by atoms with Crippen LogP contribution in [0.25, 0.3) is 0 Å². The Morgan fingerprint density at radius 2 is 2.35 bits per heavy atom. The fourth-order valence-electron chi connectivity index (χ4n) is 1.69. The number of rotatable bonds is 6. The van der Waals surface area contributed by atoms with Crippen LogP contribution in [0, 0.1) is 6.92 Å². The third kappa shape index (κ3) is 3.56. The lowest BCUT2D eigenvalue weighted by atomic mass is 10.3. The maximum absolute atomic E-state index is 11.8. The van der Waals surface area contributed by atoms with Gasteiger partial charge in [-0.1, -0.05) is 11.6 Å². The van der Waals surface area contributed by atoms with E-state index in [1.165, 1.54) is 6.20 Å². The van der Waals surface area contributed by atoms with Gasteiger partial charge < -0.3 is 10.4 Å². The van der Waals surface area contributed by atoms with Crippen molar-refractivity contribution in [2.24, 2.45) is 0 Å². The second-order valence-corrected chi connectivity index (χ2v) is 5.60. The van der Waals surface area contributed by atoms with Crippen molar-refractivity contribution < 1.29 is 5.11 Å². The van der Waals surface area contributed by atoms with Crippen molar-refractivity contribution in [3.8, 4) is 0 Å². The van der Waals surface area contributed by atoms with Crippen molar-refractivity contribution in [1.29, 1.82) is 0 Å². The highest BCUT2D eigenvalue weighted by Crippen LogP contribution is 2.15. The van der Waals surface area contributed by atoms with E-state index in [2.05, 4.69) is 15.4 Å². The molecule has 0 spiro atoms. The van der Waals surface area contributed by atoms with E-state index in [-0.39, 0.29) is 18.2 Å². The molecule has 0 aromatic carbocycles. The lowest BCUT2D eigenvalue weighted by Crippen LogP contribution is -2.25. The molecule has 0 atom stereocenters. The third-order valence-corrected chi connectivity index (χ3v) is 3.85. The van der Waals surface area contributed by atoms with Crippen LogP contribution in [0.2, 0.25) is 5.02 Å². The number of aliphatic hydroxyl groups excluding tert-OH is 1. The van der Waals surface area contributed by atoms with Crippen LogP contribution in [0.1, 0.15) is 10.7 Å². The van der Waals surface area contributed by atoms with Gasteiger partial charge in [0, 0.05) is 18.3 Å². The molecule has 0 radical (unpaired) electrons. The first-order chi connectivity index (χ1) is 9.61. The van der Waals surface area contributed by atoms with Gasteiger partial charge in [0.15, 0.2) is 0 Å². The third-order valence-electron chi connectivity index (χ3n) is 2.66. The molecule has 0 fully saturated rings. The van der Waals surface area contributed by atoms with Crippen LogP contribution >= 0.6 is 22.9 Å². The summed E-state index contributed by atoms with van der Waals surface area (Å²) in [6.45, 7) is 2.56. The van der Waals surface area contributed by atoms with E-state index >= 15 is 0 Å². The van der Waals surface area contributed by atoms with Gasteiger partial charge in [0.25, 0.3) is 5.56 Å². The minimum atomic E-state index is -0.407. The maximum Gasteiger partial charge on any atom is 0.287 e. The Balaban J connectivity index is 1.99. The Kier molecular flexibility index (Phi) is 5.11. The molecule has 8 heteroatoms. The van der Waals surface area contributed by atoms with Crippen molar-refractivity contribution in [3.63, 3.8) is 0 Å².